The minimum Gasteiger partial charge on any atom is -0.496 e. The van der Waals surface area contributed by atoms with Crippen LogP contribution in [-0.4, -0.2) is 7.11 Å². The summed E-state index contributed by atoms with van der Waals surface area (Å²) >= 11 is 0. The van der Waals surface area contributed by atoms with E-state index >= 15 is 0 Å². The van der Waals surface area contributed by atoms with E-state index in [1.165, 1.54) is 6.07 Å². The normalized spacial score (nSPS) is 18.4. The van der Waals surface area contributed by atoms with Crippen molar-refractivity contribution in [2.24, 2.45) is 5.73 Å². The van der Waals surface area contributed by atoms with Crippen molar-refractivity contribution in [2.75, 3.05) is 7.11 Å². The molecule has 2 N–H and O–H groups in total. The monoisotopic (exact) mass is 209 g/mol. The molecule has 0 bridgehead atoms. The Morgan fingerprint density at radius 3 is 2.53 bits per heavy atom. The molecule has 1 aromatic carbocycles. The highest BCUT2D eigenvalue weighted by molar-refractivity contribution is 5.46. The van der Waals surface area contributed by atoms with Gasteiger partial charge in [0.25, 0.3) is 0 Å². The molecule has 2 rings (SSSR count). The standard InChI is InChI=1S/C12H16FNO/c1-8-10(13)5-4-9(11(8)15-2)12(14)6-3-7-12/h4-5H,3,6-7,14H2,1-2H3. The lowest BCUT2D eigenvalue weighted by Crippen LogP contribution is -2.43. The fraction of sp³-hybridized carbons (Fsp3) is 0.500. The Balaban J connectivity index is 2.52. The van der Waals surface area contributed by atoms with Crippen LogP contribution in [0.25, 0.3) is 0 Å². The Morgan fingerprint density at radius 1 is 1.40 bits per heavy atom. The van der Waals surface area contributed by atoms with E-state index in [0.29, 0.717) is 11.3 Å². The fourth-order valence-electron chi connectivity index (χ4n) is 2.15. The molecule has 0 radical (unpaired) electrons. The van der Waals surface area contributed by atoms with E-state index in [1.54, 1.807) is 20.1 Å². The number of halogens is 1. The second-order valence-electron chi connectivity index (χ2n) is 4.26. The summed E-state index contributed by atoms with van der Waals surface area (Å²) in [5.74, 6) is 0.371. The summed E-state index contributed by atoms with van der Waals surface area (Å²) in [4.78, 5) is 0. The Hall–Kier alpha value is -1.09. The Labute approximate surface area is 89.2 Å². The summed E-state index contributed by atoms with van der Waals surface area (Å²) in [6.45, 7) is 1.72. The predicted molar refractivity (Wildman–Crippen MR) is 57.4 cm³/mol. The summed E-state index contributed by atoms with van der Waals surface area (Å²) in [6.07, 6.45) is 3.04. The van der Waals surface area contributed by atoms with Gasteiger partial charge < -0.3 is 10.5 Å². The lowest BCUT2D eigenvalue weighted by Gasteiger charge is -2.39. The number of ether oxygens (including phenoxy) is 1. The molecule has 0 aliphatic heterocycles. The van der Waals surface area contributed by atoms with Crippen molar-refractivity contribution in [3.63, 3.8) is 0 Å². The van der Waals surface area contributed by atoms with Gasteiger partial charge in [0.1, 0.15) is 11.6 Å². The van der Waals surface area contributed by atoms with Gasteiger partial charge in [-0.1, -0.05) is 6.07 Å². The molecule has 1 fully saturated rings. The highest BCUT2D eigenvalue weighted by Crippen LogP contribution is 2.44. The zero-order valence-corrected chi connectivity index (χ0v) is 9.14. The SMILES string of the molecule is COc1c(C2(N)CCC2)ccc(F)c1C. The highest BCUT2D eigenvalue weighted by atomic mass is 19.1. The van der Waals surface area contributed by atoms with E-state index in [-0.39, 0.29) is 11.4 Å². The Bertz CT molecular complexity index is 385. The molecule has 1 aromatic rings. The van der Waals surface area contributed by atoms with Crippen LogP contribution in [0.1, 0.15) is 30.4 Å². The molecule has 15 heavy (non-hydrogen) atoms. The second kappa shape index (κ2) is 3.49. The van der Waals surface area contributed by atoms with Crippen molar-refractivity contribution >= 4 is 0 Å². The molecule has 1 aliphatic carbocycles. The van der Waals surface area contributed by atoms with E-state index in [1.807, 2.05) is 0 Å². The topological polar surface area (TPSA) is 35.2 Å². The summed E-state index contributed by atoms with van der Waals surface area (Å²) in [6, 6.07) is 3.22. The van der Waals surface area contributed by atoms with Gasteiger partial charge in [-0.3, -0.25) is 0 Å². The van der Waals surface area contributed by atoms with Crippen LogP contribution >= 0.6 is 0 Å². The van der Waals surface area contributed by atoms with Crippen molar-refractivity contribution < 1.29 is 9.13 Å². The van der Waals surface area contributed by atoms with Gasteiger partial charge in [0.2, 0.25) is 0 Å². The van der Waals surface area contributed by atoms with E-state index < -0.39 is 0 Å². The summed E-state index contributed by atoms with van der Waals surface area (Å²) in [7, 11) is 1.56. The van der Waals surface area contributed by atoms with Crippen LogP contribution in [0.3, 0.4) is 0 Å². The number of rotatable bonds is 2. The maximum atomic E-state index is 13.3. The van der Waals surface area contributed by atoms with E-state index in [0.717, 1.165) is 24.8 Å². The van der Waals surface area contributed by atoms with Crippen molar-refractivity contribution in [1.29, 1.82) is 0 Å². The molecule has 82 valence electrons. The van der Waals surface area contributed by atoms with Gasteiger partial charge in [0.15, 0.2) is 0 Å². The van der Waals surface area contributed by atoms with Crippen LogP contribution in [0, 0.1) is 12.7 Å². The van der Waals surface area contributed by atoms with Crippen molar-refractivity contribution in [3.05, 3.63) is 29.1 Å². The van der Waals surface area contributed by atoms with Crippen LogP contribution in [0.2, 0.25) is 0 Å². The molecule has 1 aliphatic rings. The first-order valence-corrected chi connectivity index (χ1v) is 5.21. The maximum Gasteiger partial charge on any atom is 0.129 e. The Morgan fingerprint density at radius 2 is 2.07 bits per heavy atom. The van der Waals surface area contributed by atoms with Gasteiger partial charge >= 0.3 is 0 Å². The highest BCUT2D eigenvalue weighted by Gasteiger charge is 2.37. The van der Waals surface area contributed by atoms with Gasteiger partial charge in [-0.25, -0.2) is 4.39 Å². The summed E-state index contributed by atoms with van der Waals surface area (Å²) < 4.78 is 18.6. The molecule has 0 saturated heterocycles. The van der Waals surface area contributed by atoms with Crippen LogP contribution < -0.4 is 10.5 Å². The zero-order chi connectivity index (χ0) is 11.1. The van der Waals surface area contributed by atoms with Crippen LogP contribution in [0.4, 0.5) is 4.39 Å². The van der Waals surface area contributed by atoms with Crippen molar-refractivity contribution in [3.8, 4) is 5.75 Å². The first-order chi connectivity index (χ1) is 7.08. The maximum absolute atomic E-state index is 13.3. The number of nitrogens with two attached hydrogens (primary N) is 1. The summed E-state index contributed by atoms with van der Waals surface area (Å²) in [5.41, 5.74) is 7.40. The number of methoxy groups -OCH3 is 1. The smallest absolute Gasteiger partial charge is 0.129 e. The van der Waals surface area contributed by atoms with Gasteiger partial charge in [-0.05, 0) is 32.3 Å². The first kappa shape index (κ1) is 10.4. The third-order valence-corrected chi connectivity index (χ3v) is 3.33. The third-order valence-electron chi connectivity index (χ3n) is 3.33. The molecule has 0 atom stereocenters. The molecule has 2 nitrogen and oxygen atoms in total. The second-order valence-corrected chi connectivity index (χ2v) is 4.26. The molecule has 0 spiro atoms. The average Bonchev–Trinajstić information content (AvgIpc) is 2.18. The minimum atomic E-state index is -0.302. The lowest BCUT2D eigenvalue weighted by molar-refractivity contribution is 0.243. The van der Waals surface area contributed by atoms with E-state index in [9.17, 15) is 4.39 Å². The van der Waals surface area contributed by atoms with Gasteiger partial charge in [-0.15, -0.1) is 0 Å². The summed E-state index contributed by atoms with van der Waals surface area (Å²) in [5, 5.41) is 0. The largest absolute Gasteiger partial charge is 0.496 e. The predicted octanol–water partition coefficient (Wildman–Crippen LogP) is 2.48. The average molecular weight is 209 g/mol. The third kappa shape index (κ3) is 1.51. The molecular formula is C12H16FNO. The van der Waals surface area contributed by atoms with Crippen LogP contribution in [0.5, 0.6) is 5.75 Å². The van der Waals surface area contributed by atoms with E-state index in [4.69, 9.17) is 10.5 Å². The van der Waals surface area contributed by atoms with Crippen molar-refractivity contribution in [2.45, 2.75) is 31.7 Å². The first-order valence-electron chi connectivity index (χ1n) is 5.21. The number of benzene rings is 1. The molecule has 0 aromatic heterocycles. The molecule has 3 heteroatoms. The molecular weight excluding hydrogens is 193 g/mol. The quantitative estimate of drug-likeness (QED) is 0.812. The molecule has 0 unspecified atom stereocenters. The Kier molecular flexibility index (Phi) is 2.43. The van der Waals surface area contributed by atoms with Crippen LogP contribution in [0.15, 0.2) is 12.1 Å². The van der Waals surface area contributed by atoms with Gasteiger partial charge in [-0.2, -0.15) is 0 Å². The van der Waals surface area contributed by atoms with Gasteiger partial charge in [0, 0.05) is 16.7 Å². The molecule has 0 amide bonds. The zero-order valence-electron chi connectivity index (χ0n) is 9.14. The molecule has 0 heterocycles. The van der Waals surface area contributed by atoms with Crippen LogP contribution in [-0.2, 0) is 5.54 Å². The fourth-order valence-corrected chi connectivity index (χ4v) is 2.15. The van der Waals surface area contributed by atoms with Gasteiger partial charge in [0.05, 0.1) is 7.11 Å². The lowest BCUT2D eigenvalue weighted by atomic mass is 9.72. The number of hydrogen-bond donors (Lipinski definition) is 1. The van der Waals surface area contributed by atoms with Crippen molar-refractivity contribution in [1.82, 2.24) is 0 Å². The van der Waals surface area contributed by atoms with E-state index in [2.05, 4.69) is 0 Å². The number of hydrogen-bond acceptors (Lipinski definition) is 2. The molecule has 1 saturated carbocycles. The minimum absolute atomic E-state index is 0.237.